The van der Waals surface area contributed by atoms with Gasteiger partial charge in [0.05, 0.1) is 0 Å². The normalized spacial score (nSPS) is 12.2. The molecule has 0 amide bonds. The number of hydrogen-bond donors (Lipinski definition) is 2. The minimum Gasteiger partial charge on any atom is -0.370 e. The highest BCUT2D eigenvalue weighted by molar-refractivity contribution is 7.07. The van der Waals surface area contributed by atoms with Crippen molar-refractivity contribution in [2.75, 3.05) is 17.2 Å². The predicted molar refractivity (Wildman–Crippen MR) is 86.7 cm³/mol. The van der Waals surface area contributed by atoms with E-state index in [9.17, 15) is 0 Å². The third kappa shape index (κ3) is 3.93. The highest BCUT2D eigenvalue weighted by Gasteiger charge is 2.10. The number of hydrogen-bond acceptors (Lipinski definition) is 5. The lowest BCUT2D eigenvalue weighted by Gasteiger charge is -2.17. The zero-order valence-corrected chi connectivity index (χ0v) is 13.1. The summed E-state index contributed by atoms with van der Waals surface area (Å²) >= 11 is 1.74. The molecular weight excluding hydrogens is 268 g/mol. The molecule has 5 heteroatoms. The van der Waals surface area contributed by atoms with Crippen LogP contribution in [0.1, 0.15) is 31.4 Å². The van der Waals surface area contributed by atoms with Crippen molar-refractivity contribution in [3.63, 3.8) is 0 Å². The zero-order chi connectivity index (χ0) is 14.4. The average molecular weight is 290 g/mol. The van der Waals surface area contributed by atoms with Crippen LogP contribution in [0.4, 0.5) is 11.6 Å². The fraction of sp³-hybridized carbons (Fsp3) is 0.467. The van der Waals surface area contributed by atoms with Gasteiger partial charge in [-0.3, -0.25) is 0 Å². The monoisotopic (exact) mass is 290 g/mol. The second-order valence-electron chi connectivity index (χ2n) is 5.00. The van der Waals surface area contributed by atoms with Crippen molar-refractivity contribution in [1.82, 2.24) is 9.97 Å². The number of aromatic nitrogens is 2. The molecule has 2 aromatic rings. The Balaban J connectivity index is 2.01. The van der Waals surface area contributed by atoms with Crippen molar-refractivity contribution in [2.45, 2.75) is 39.7 Å². The number of nitrogens with zero attached hydrogens (tertiary/aromatic N) is 2. The maximum atomic E-state index is 4.36. The summed E-state index contributed by atoms with van der Waals surface area (Å²) in [7, 11) is 0. The summed E-state index contributed by atoms with van der Waals surface area (Å²) in [5.74, 6) is 1.84. The van der Waals surface area contributed by atoms with Crippen molar-refractivity contribution in [3.8, 4) is 0 Å². The van der Waals surface area contributed by atoms with Crippen molar-refractivity contribution in [2.24, 2.45) is 0 Å². The summed E-state index contributed by atoms with van der Waals surface area (Å²) in [6, 6.07) is 2.52. The first-order chi connectivity index (χ1) is 9.70. The van der Waals surface area contributed by atoms with Crippen molar-refractivity contribution in [3.05, 3.63) is 34.3 Å². The standard InChI is InChI=1S/C15H22N4S/c1-4-6-16-14-12(3)15(18-10-17-14)19-11(2)8-13-5-7-20-9-13/h5,7,9-11H,4,6,8H2,1-3H3,(H2,16,17,18,19). The van der Waals surface area contributed by atoms with Crippen LogP contribution in [0.15, 0.2) is 23.2 Å². The Morgan fingerprint density at radius 1 is 1.30 bits per heavy atom. The number of thiophene rings is 1. The molecule has 0 saturated carbocycles. The molecule has 0 aliphatic rings. The number of rotatable bonds is 7. The Labute approximate surface area is 124 Å². The van der Waals surface area contributed by atoms with Crippen molar-refractivity contribution < 1.29 is 0 Å². The zero-order valence-electron chi connectivity index (χ0n) is 12.3. The topological polar surface area (TPSA) is 49.8 Å². The molecule has 0 bridgehead atoms. The molecule has 0 radical (unpaired) electrons. The minimum atomic E-state index is 0.345. The van der Waals surface area contributed by atoms with E-state index in [1.807, 2.05) is 0 Å². The molecule has 0 aliphatic heterocycles. The second-order valence-corrected chi connectivity index (χ2v) is 5.78. The maximum Gasteiger partial charge on any atom is 0.134 e. The Morgan fingerprint density at radius 3 is 2.80 bits per heavy atom. The minimum absolute atomic E-state index is 0.345. The number of nitrogens with one attached hydrogen (secondary N) is 2. The summed E-state index contributed by atoms with van der Waals surface area (Å²) in [4.78, 5) is 8.66. The molecule has 2 N–H and O–H groups in total. The van der Waals surface area contributed by atoms with Gasteiger partial charge < -0.3 is 10.6 Å². The summed E-state index contributed by atoms with van der Waals surface area (Å²) < 4.78 is 0. The summed E-state index contributed by atoms with van der Waals surface area (Å²) in [5, 5.41) is 11.1. The van der Waals surface area contributed by atoms with Crippen LogP contribution in [-0.2, 0) is 6.42 Å². The van der Waals surface area contributed by atoms with Crippen LogP contribution >= 0.6 is 11.3 Å². The van der Waals surface area contributed by atoms with Crippen LogP contribution in [0.5, 0.6) is 0 Å². The van der Waals surface area contributed by atoms with E-state index in [1.165, 1.54) is 5.56 Å². The van der Waals surface area contributed by atoms with Gasteiger partial charge in [0.1, 0.15) is 18.0 Å². The van der Waals surface area contributed by atoms with Gasteiger partial charge in [0.15, 0.2) is 0 Å². The lowest BCUT2D eigenvalue weighted by Crippen LogP contribution is -2.20. The lowest BCUT2D eigenvalue weighted by atomic mass is 10.1. The smallest absolute Gasteiger partial charge is 0.134 e. The third-order valence-electron chi connectivity index (χ3n) is 3.13. The largest absolute Gasteiger partial charge is 0.370 e. The maximum absolute atomic E-state index is 4.36. The Kier molecular flexibility index (Phi) is 5.35. The Hall–Kier alpha value is -1.62. The van der Waals surface area contributed by atoms with E-state index in [1.54, 1.807) is 17.7 Å². The summed E-state index contributed by atoms with van der Waals surface area (Å²) in [5.41, 5.74) is 2.45. The molecule has 0 aliphatic carbocycles. The van der Waals surface area contributed by atoms with E-state index >= 15 is 0 Å². The van der Waals surface area contributed by atoms with Gasteiger partial charge in [-0.15, -0.1) is 0 Å². The molecule has 0 spiro atoms. The molecule has 2 rings (SSSR count). The average Bonchev–Trinajstić information content (AvgIpc) is 2.92. The molecule has 0 saturated heterocycles. The molecule has 4 nitrogen and oxygen atoms in total. The fourth-order valence-corrected chi connectivity index (χ4v) is 2.75. The van der Waals surface area contributed by atoms with Crippen LogP contribution in [0.2, 0.25) is 0 Å². The van der Waals surface area contributed by atoms with Gasteiger partial charge in [0.2, 0.25) is 0 Å². The Bertz CT molecular complexity index is 525. The van der Waals surface area contributed by atoms with E-state index in [0.29, 0.717) is 6.04 Å². The molecule has 2 aromatic heterocycles. The fourth-order valence-electron chi connectivity index (χ4n) is 2.06. The van der Waals surface area contributed by atoms with E-state index in [4.69, 9.17) is 0 Å². The molecule has 1 unspecified atom stereocenters. The molecule has 0 fully saturated rings. The number of anilines is 2. The third-order valence-corrected chi connectivity index (χ3v) is 3.86. The predicted octanol–water partition coefficient (Wildman–Crippen LogP) is 3.71. The summed E-state index contributed by atoms with van der Waals surface area (Å²) in [6.45, 7) is 7.31. The van der Waals surface area contributed by atoms with Gasteiger partial charge in [-0.1, -0.05) is 6.92 Å². The van der Waals surface area contributed by atoms with E-state index < -0.39 is 0 Å². The first kappa shape index (κ1) is 14.8. The molecule has 20 heavy (non-hydrogen) atoms. The summed E-state index contributed by atoms with van der Waals surface area (Å²) in [6.07, 6.45) is 3.70. The molecule has 0 aromatic carbocycles. The lowest BCUT2D eigenvalue weighted by molar-refractivity contribution is 0.784. The van der Waals surface area contributed by atoms with Gasteiger partial charge in [-0.05, 0) is 49.1 Å². The molecule has 108 valence electrons. The molecule has 1 atom stereocenters. The SMILES string of the molecule is CCCNc1ncnc(NC(C)Cc2ccsc2)c1C. The van der Waals surface area contributed by atoms with Gasteiger partial charge in [-0.25, -0.2) is 9.97 Å². The molecule has 2 heterocycles. The van der Waals surface area contributed by atoms with Crippen LogP contribution in [-0.4, -0.2) is 22.6 Å². The van der Waals surface area contributed by atoms with Crippen LogP contribution in [0.3, 0.4) is 0 Å². The van der Waals surface area contributed by atoms with E-state index in [0.717, 1.165) is 36.6 Å². The first-order valence-electron chi connectivity index (χ1n) is 7.03. The molecular formula is C15H22N4S. The quantitative estimate of drug-likeness (QED) is 0.816. The van der Waals surface area contributed by atoms with Crippen molar-refractivity contribution >= 4 is 23.0 Å². The van der Waals surface area contributed by atoms with Gasteiger partial charge in [0, 0.05) is 18.2 Å². The highest BCUT2D eigenvalue weighted by atomic mass is 32.1. The highest BCUT2D eigenvalue weighted by Crippen LogP contribution is 2.20. The van der Waals surface area contributed by atoms with E-state index in [-0.39, 0.29) is 0 Å². The first-order valence-corrected chi connectivity index (χ1v) is 7.98. The van der Waals surface area contributed by atoms with Crippen LogP contribution < -0.4 is 10.6 Å². The van der Waals surface area contributed by atoms with Crippen molar-refractivity contribution in [1.29, 1.82) is 0 Å². The Morgan fingerprint density at radius 2 is 2.10 bits per heavy atom. The van der Waals surface area contributed by atoms with Gasteiger partial charge in [-0.2, -0.15) is 11.3 Å². The van der Waals surface area contributed by atoms with Crippen LogP contribution in [0.25, 0.3) is 0 Å². The van der Waals surface area contributed by atoms with E-state index in [2.05, 4.69) is 58.2 Å². The van der Waals surface area contributed by atoms with Crippen LogP contribution in [0, 0.1) is 6.92 Å². The van der Waals surface area contributed by atoms with Gasteiger partial charge >= 0.3 is 0 Å². The second kappa shape index (κ2) is 7.24. The van der Waals surface area contributed by atoms with Gasteiger partial charge in [0.25, 0.3) is 0 Å².